The van der Waals surface area contributed by atoms with Gasteiger partial charge in [0.1, 0.15) is 10.9 Å². The van der Waals surface area contributed by atoms with Crippen molar-refractivity contribution >= 4 is 23.2 Å². The van der Waals surface area contributed by atoms with Crippen LogP contribution in [0.1, 0.15) is 10.4 Å². The van der Waals surface area contributed by atoms with Crippen molar-refractivity contribution in [3.8, 4) is 5.75 Å². The van der Waals surface area contributed by atoms with Crippen LogP contribution >= 0.6 is 11.6 Å². The summed E-state index contributed by atoms with van der Waals surface area (Å²) in [6.45, 7) is -3.00. The fourth-order valence-electron chi connectivity index (χ4n) is 1.53. The lowest BCUT2D eigenvalue weighted by Gasteiger charge is -2.10. The molecule has 1 amide bonds. The SMILES string of the molecule is O=C(Nc1ccnc(Cl)c1)c1ccccc1OC(F)F. The summed E-state index contributed by atoms with van der Waals surface area (Å²) in [7, 11) is 0. The molecule has 0 saturated heterocycles. The van der Waals surface area contributed by atoms with Crippen LogP contribution in [0.2, 0.25) is 5.15 Å². The van der Waals surface area contributed by atoms with Crippen molar-refractivity contribution in [2.75, 3.05) is 5.32 Å². The number of hydrogen-bond acceptors (Lipinski definition) is 3. The van der Waals surface area contributed by atoms with E-state index in [1.165, 1.54) is 36.5 Å². The summed E-state index contributed by atoms with van der Waals surface area (Å²) < 4.78 is 28.8. The van der Waals surface area contributed by atoms with Gasteiger partial charge in [0.2, 0.25) is 0 Å². The molecule has 0 unspecified atom stereocenters. The third kappa shape index (κ3) is 3.64. The number of amides is 1. The molecule has 0 spiro atoms. The summed E-state index contributed by atoms with van der Waals surface area (Å²) in [5.74, 6) is -0.774. The van der Waals surface area contributed by atoms with E-state index in [4.69, 9.17) is 11.6 Å². The molecule has 20 heavy (non-hydrogen) atoms. The number of carbonyl (C=O) groups is 1. The highest BCUT2D eigenvalue weighted by Gasteiger charge is 2.15. The Morgan fingerprint density at radius 2 is 2.05 bits per heavy atom. The first kappa shape index (κ1) is 14.2. The maximum atomic E-state index is 12.3. The summed E-state index contributed by atoms with van der Waals surface area (Å²) in [6.07, 6.45) is 1.42. The molecule has 1 aromatic heterocycles. The van der Waals surface area contributed by atoms with Crippen molar-refractivity contribution in [1.29, 1.82) is 0 Å². The third-order valence-electron chi connectivity index (χ3n) is 2.33. The van der Waals surface area contributed by atoms with Gasteiger partial charge in [-0.1, -0.05) is 23.7 Å². The molecule has 104 valence electrons. The van der Waals surface area contributed by atoms with Crippen LogP contribution in [0, 0.1) is 0 Å². The Hall–Kier alpha value is -2.21. The smallest absolute Gasteiger partial charge is 0.387 e. The minimum atomic E-state index is -3.00. The van der Waals surface area contributed by atoms with Crippen molar-refractivity contribution in [3.63, 3.8) is 0 Å². The lowest BCUT2D eigenvalue weighted by Crippen LogP contribution is -2.15. The maximum Gasteiger partial charge on any atom is 0.387 e. The van der Waals surface area contributed by atoms with Crippen LogP contribution in [0.3, 0.4) is 0 Å². The predicted molar refractivity (Wildman–Crippen MR) is 70.3 cm³/mol. The molecular weight excluding hydrogens is 290 g/mol. The van der Waals surface area contributed by atoms with Gasteiger partial charge in [-0.25, -0.2) is 4.98 Å². The van der Waals surface area contributed by atoms with Crippen molar-refractivity contribution in [3.05, 3.63) is 53.3 Å². The van der Waals surface area contributed by atoms with E-state index < -0.39 is 12.5 Å². The van der Waals surface area contributed by atoms with Gasteiger partial charge in [-0.3, -0.25) is 4.79 Å². The van der Waals surface area contributed by atoms with E-state index in [0.717, 1.165) is 0 Å². The predicted octanol–water partition coefficient (Wildman–Crippen LogP) is 3.59. The molecule has 0 aliphatic heterocycles. The second-order valence-electron chi connectivity index (χ2n) is 3.70. The number of hydrogen-bond donors (Lipinski definition) is 1. The fraction of sp³-hybridized carbons (Fsp3) is 0.0769. The Bertz CT molecular complexity index is 623. The number of rotatable bonds is 4. The first-order chi connectivity index (χ1) is 9.56. The van der Waals surface area contributed by atoms with Crippen LogP contribution in [-0.2, 0) is 0 Å². The number of nitrogens with one attached hydrogen (secondary N) is 1. The number of aromatic nitrogens is 1. The van der Waals surface area contributed by atoms with Gasteiger partial charge >= 0.3 is 6.61 Å². The van der Waals surface area contributed by atoms with Crippen LogP contribution in [0.4, 0.5) is 14.5 Å². The van der Waals surface area contributed by atoms with Crippen molar-refractivity contribution in [1.82, 2.24) is 4.98 Å². The lowest BCUT2D eigenvalue weighted by molar-refractivity contribution is -0.0501. The van der Waals surface area contributed by atoms with Gasteiger partial charge < -0.3 is 10.1 Å². The molecule has 1 heterocycles. The summed E-state index contributed by atoms with van der Waals surface area (Å²) in [5.41, 5.74) is 0.405. The van der Waals surface area contributed by atoms with E-state index in [1.807, 2.05) is 0 Å². The number of pyridine rings is 1. The second kappa shape index (κ2) is 6.29. The van der Waals surface area contributed by atoms with Crippen LogP contribution in [0.5, 0.6) is 5.75 Å². The monoisotopic (exact) mass is 298 g/mol. The topological polar surface area (TPSA) is 51.2 Å². The number of para-hydroxylation sites is 1. The van der Waals surface area contributed by atoms with Crippen molar-refractivity contribution < 1.29 is 18.3 Å². The highest BCUT2D eigenvalue weighted by molar-refractivity contribution is 6.29. The molecule has 0 aliphatic carbocycles. The van der Waals surface area contributed by atoms with Crippen molar-refractivity contribution in [2.24, 2.45) is 0 Å². The highest BCUT2D eigenvalue weighted by Crippen LogP contribution is 2.22. The van der Waals surface area contributed by atoms with E-state index in [9.17, 15) is 13.6 Å². The molecular formula is C13H9ClF2N2O2. The third-order valence-corrected chi connectivity index (χ3v) is 2.54. The number of carbonyl (C=O) groups excluding carboxylic acids is 1. The molecule has 0 fully saturated rings. The molecule has 4 nitrogen and oxygen atoms in total. The average Bonchev–Trinajstić information content (AvgIpc) is 2.38. The van der Waals surface area contributed by atoms with Gasteiger partial charge in [-0.2, -0.15) is 8.78 Å². The van der Waals surface area contributed by atoms with E-state index in [2.05, 4.69) is 15.0 Å². The highest BCUT2D eigenvalue weighted by atomic mass is 35.5. The molecule has 0 saturated carbocycles. The Morgan fingerprint density at radius 3 is 2.75 bits per heavy atom. The normalized spacial score (nSPS) is 10.4. The van der Waals surface area contributed by atoms with E-state index in [1.54, 1.807) is 6.07 Å². The molecule has 0 bridgehead atoms. The Balaban J connectivity index is 2.21. The minimum Gasteiger partial charge on any atom is -0.434 e. The van der Waals surface area contributed by atoms with E-state index >= 15 is 0 Å². The first-order valence-electron chi connectivity index (χ1n) is 5.53. The Morgan fingerprint density at radius 1 is 1.30 bits per heavy atom. The maximum absolute atomic E-state index is 12.3. The Labute approximate surface area is 118 Å². The molecule has 0 aliphatic rings. The average molecular weight is 299 g/mol. The molecule has 1 N–H and O–H groups in total. The first-order valence-corrected chi connectivity index (χ1v) is 5.91. The fourth-order valence-corrected chi connectivity index (χ4v) is 1.71. The zero-order valence-electron chi connectivity index (χ0n) is 10.0. The van der Waals surface area contributed by atoms with Crippen molar-refractivity contribution in [2.45, 2.75) is 6.61 Å². The quantitative estimate of drug-likeness (QED) is 0.878. The van der Waals surface area contributed by atoms with Gasteiger partial charge in [0.05, 0.1) is 5.56 Å². The van der Waals surface area contributed by atoms with Gasteiger partial charge in [0, 0.05) is 11.9 Å². The number of halogens is 3. The zero-order chi connectivity index (χ0) is 14.5. The molecule has 2 rings (SSSR count). The number of ether oxygens (including phenoxy) is 1. The summed E-state index contributed by atoms with van der Waals surface area (Å²) in [5, 5.41) is 2.73. The molecule has 2 aromatic rings. The van der Waals surface area contributed by atoms with E-state index in [0.29, 0.717) is 5.69 Å². The standard InChI is InChI=1S/C13H9ClF2N2O2/c14-11-7-8(5-6-17-11)18-12(19)9-3-1-2-4-10(9)20-13(15)16/h1-7,13H,(H,17,18,19). The van der Waals surface area contributed by atoms with Crippen LogP contribution < -0.4 is 10.1 Å². The summed E-state index contributed by atoms with van der Waals surface area (Å²) in [4.78, 5) is 15.8. The van der Waals surface area contributed by atoms with Gasteiger partial charge in [-0.05, 0) is 24.3 Å². The van der Waals surface area contributed by atoms with Crippen LogP contribution in [0.15, 0.2) is 42.6 Å². The summed E-state index contributed by atoms with van der Waals surface area (Å²) >= 11 is 5.69. The zero-order valence-corrected chi connectivity index (χ0v) is 10.8. The molecule has 1 aromatic carbocycles. The number of anilines is 1. The second-order valence-corrected chi connectivity index (χ2v) is 4.08. The number of alkyl halides is 2. The lowest BCUT2D eigenvalue weighted by atomic mass is 10.2. The molecule has 0 radical (unpaired) electrons. The summed E-state index contributed by atoms with van der Waals surface area (Å²) in [6, 6.07) is 8.69. The van der Waals surface area contributed by atoms with Gasteiger partial charge in [0.15, 0.2) is 0 Å². The minimum absolute atomic E-state index is 0.000680. The van der Waals surface area contributed by atoms with Crippen LogP contribution in [-0.4, -0.2) is 17.5 Å². The molecule has 0 atom stereocenters. The number of benzene rings is 1. The van der Waals surface area contributed by atoms with Gasteiger partial charge in [-0.15, -0.1) is 0 Å². The Kier molecular flexibility index (Phi) is 4.47. The number of nitrogens with zero attached hydrogens (tertiary/aromatic N) is 1. The van der Waals surface area contributed by atoms with Gasteiger partial charge in [0.25, 0.3) is 5.91 Å². The molecule has 7 heteroatoms. The largest absolute Gasteiger partial charge is 0.434 e. The van der Waals surface area contributed by atoms with Crippen LogP contribution in [0.25, 0.3) is 0 Å². The van der Waals surface area contributed by atoms with E-state index in [-0.39, 0.29) is 16.5 Å².